The highest BCUT2D eigenvalue weighted by Crippen LogP contribution is 2.62. The zero-order chi connectivity index (χ0) is 14.8. The average molecular weight is 289 g/mol. The SMILES string of the molecule is C[C@@]12CCC[C@H]1[C@@H]1CC[C@H]3NC(=O)CC[C@]3(C)[C@H]1C(=O)C2. The van der Waals surface area contributed by atoms with E-state index < -0.39 is 0 Å². The predicted octanol–water partition coefficient (Wildman–Crippen LogP) is 3.08. The molecule has 1 saturated heterocycles. The Morgan fingerprint density at radius 1 is 1.10 bits per heavy atom. The number of fused-ring (bicyclic) bond motifs is 5. The number of rotatable bonds is 0. The van der Waals surface area contributed by atoms with Gasteiger partial charge in [-0.15, -0.1) is 0 Å². The van der Waals surface area contributed by atoms with E-state index in [1.54, 1.807) is 0 Å². The minimum absolute atomic E-state index is 0.0117. The molecule has 21 heavy (non-hydrogen) atoms. The van der Waals surface area contributed by atoms with Crippen LogP contribution >= 0.6 is 0 Å². The molecule has 1 heterocycles. The Morgan fingerprint density at radius 3 is 2.71 bits per heavy atom. The highest BCUT2D eigenvalue weighted by atomic mass is 16.2. The van der Waals surface area contributed by atoms with E-state index in [9.17, 15) is 9.59 Å². The number of Topliss-reactive ketones (excluding diaryl/α,β-unsaturated/α-hetero) is 1. The molecule has 4 aliphatic rings. The van der Waals surface area contributed by atoms with Crippen molar-refractivity contribution in [3.05, 3.63) is 0 Å². The third-order valence-electron chi connectivity index (χ3n) is 7.55. The lowest BCUT2D eigenvalue weighted by Crippen LogP contribution is -2.63. The molecule has 116 valence electrons. The quantitative estimate of drug-likeness (QED) is 0.745. The molecule has 0 unspecified atom stereocenters. The molecule has 1 N–H and O–H groups in total. The Labute approximate surface area is 127 Å². The Hall–Kier alpha value is -0.860. The second-order valence-electron chi connectivity index (χ2n) is 8.64. The molecule has 6 atom stereocenters. The van der Waals surface area contributed by atoms with Crippen molar-refractivity contribution in [3.63, 3.8) is 0 Å². The van der Waals surface area contributed by atoms with Gasteiger partial charge in [-0.05, 0) is 54.8 Å². The van der Waals surface area contributed by atoms with Crippen LogP contribution in [0.2, 0.25) is 0 Å². The van der Waals surface area contributed by atoms with E-state index in [1.807, 2.05) is 0 Å². The number of piperidine rings is 1. The summed E-state index contributed by atoms with van der Waals surface area (Å²) in [6, 6.07) is 0.231. The fraction of sp³-hybridized carbons (Fsp3) is 0.889. The number of amides is 1. The minimum Gasteiger partial charge on any atom is -0.353 e. The zero-order valence-corrected chi connectivity index (χ0v) is 13.3. The molecule has 3 nitrogen and oxygen atoms in total. The normalized spacial score (nSPS) is 52.7. The van der Waals surface area contributed by atoms with Crippen molar-refractivity contribution in [2.75, 3.05) is 0 Å². The molecule has 4 rings (SSSR count). The van der Waals surface area contributed by atoms with Crippen molar-refractivity contribution < 1.29 is 9.59 Å². The van der Waals surface area contributed by atoms with Gasteiger partial charge in [-0.1, -0.05) is 20.3 Å². The second kappa shape index (κ2) is 4.33. The van der Waals surface area contributed by atoms with Gasteiger partial charge in [0, 0.05) is 24.8 Å². The summed E-state index contributed by atoms with van der Waals surface area (Å²) in [5.74, 6) is 2.22. The van der Waals surface area contributed by atoms with Crippen LogP contribution in [0, 0.1) is 28.6 Å². The predicted molar refractivity (Wildman–Crippen MR) is 80.6 cm³/mol. The summed E-state index contributed by atoms with van der Waals surface area (Å²) < 4.78 is 0. The molecule has 0 aromatic heterocycles. The lowest BCUT2D eigenvalue weighted by Gasteiger charge is -2.58. The molecule has 3 heteroatoms. The van der Waals surface area contributed by atoms with Gasteiger partial charge in [0.2, 0.25) is 5.91 Å². The van der Waals surface area contributed by atoms with Gasteiger partial charge in [0.1, 0.15) is 5.78 Å². The van der Waals surface area contributed by atoms with Gasteiger partial charge in [-0.25, -0.2) is 0 Å². The van der Waals surface area contributed by atoms with Crippen molar-refractivity contribution >= 4 is 11.7 Å². The fourth-order valence-electron chi connectivity index (χ4n) is 6.54. The van der Waals surface area contributed by atoms with Gasteiger partial charge in [0.15, 0.2) is 0 Å². The summed E-state index contributed by atoms with van der Waals surface area (Å²) in [5, 5.41) is 3.19. The molecule has 3 aliphatic carbocycles. The highest BCUT2D eigenvalue weighted by molar-refractivity contribution is 5.85. The van der Waals surface area contributed by atoms with Crippen molar-refractivity contribution in [1.29, 1.82) is 0 Å². The van der Waals surface area contributed by atoms with Gasteiger partial charge in [-0.2, -0.15) is 0 Å². The summed E-state index contributed by atoms with van der Waals surface area (Å²) in [6.07, 6.45) is 8.36. The summed E-state index contributed by atoms with van der Waals surface area (Å²) in [5.41, 5.74) is 0.289. The molecular formula is C18H27NO2. The van der Waals surface area contributed by atoms with Crippen molar-refractivity contribution in [2.24, 2.45) is 28.6 Å². The molecule has 0 spiro atoms. The average Bonchev–Trinajstić information content (AvgIpc) is 2.80. The first kappa shape index (κ1) is 13.8. The molecule has 0 bridgehead atoms. The minimum atomic E-state index is 0.0117. The van der Waals surface area contributed by atoms with E-state index in [-0.39, 0.29) is 28.7 Å². The Bertz CT molecular complexity index is 501. The molecule has 4 fully saturated rings. The third kappa shape index (κ3) is 1.78. The largest absolute Gasteiger partial charge is 0.353 e. The van der Waals surface area contributed by atoms with E-state index in [2.05, 4.69) is 19.2 Å². The Balaban J connectivity index is 1.70. The summed E-state index contributed by atoms with van der Waals surface area (Å²) in [7, 11) is 0. The smallest absolute Gasteiger partial charge is 0.220 e. The van der Waals surface area contributed by atoms with Crippen LogP contribution in [0.4, 0.5) is 0 Å². The molecular weight excluding hydrogens is 262 g/mol. The van der Waals surface area contributed by atoms with Crippen LogP contribution in [0.5, 0.6) is 0 Å². The van der Waals surface area contributed by atoms with Crippen LogP contribution in [0.1, 0.15) is 65.2 Å². The van der Waals surface area contributed by atoms with Crippen molar-refractivity contribution in [2.45, 2.75) is 71.3 Å². The van der Waals surface area contributed by atoms with Gasteiger partial charge in [-0.3, -0.25) is 9.59 Å². The number of carbonyl (C=O) groups excluding carboxylic acids is 2. The summed E-state index contributed by atoms with van der Waals surface area (Å²) in [6.45, 7) is 4.64. The summed E-state index contributed by atoms with van der Waals surface area (Å²) in [4.78, 5) is 24.7. The van der Waals surface area contributed by atoms with E-state index in [1.165, 1.54) is 19.3 Å². The highest BCUT2D eigenvalue weighted by Gasteiger charge is 2.61. The van der Waals surface area contributed by atoms with Crippen LogP contribution < -0.4 is 5.32 Å². The van der Waals surface area contributed by atoms with E-state index >= 15 is 0 Å². The maximum atomic E-state index is 13.0. The first-order chi connectivity index (χ1) is 9.94. The van der Waals surface area contributed by atoms with Gasteiger partial charge in [0.05, 0.1) is 0 Å². The second-order valence-corrected chi connectivity index (χ2v) is 8.64. The molecule has 1 aliphatic heterocycles. The van der Waals surface area contributed by atoms with Gasteiger partial charge >= 0.3 is 0 Å². The van der Waals surface area contributed by atoms with Gasteiger partial charge < -0.3 is 5.32 Å². The maximum absolute atomic E-state index is 13.0. The lowest BCUT2D eigenvalue weighted by atomic mass is 9.47. The molecule has 1 amide bonds. The zero-order valence-electron chi connectivity index (χ0n) is 13.3. The molecule has 0 aromatic carbocycles. The van der Waals surface area contributed by atoms with E-state index in [0.29, 0.717) is 18.1 Å². The van der Waals surface area contributed by atoms with Gasteiger partial charge in [0.25, 0.3) is 0 Å². The van der Waals surface area contributed by atoms with E-state index in [4.69, 9.17) is 0 Å². The lowest BCUT2D eigenvalue weighted by molar-refractivity contribution is -0.155. The summed E-state index contributed by atoms with van der Waals surface area (Å²) >= 11 is 0. The van der Waals surface area contributed by atoms with Crippen LogP contribution in [-0.4, -0.2) is 17.7 Å². The number of nitrogens with one attached hydrogen (secondary N) is 1. The van der Waals surface area contributed by atoms with Crippen LogP contribution in [0.25, 0.3) is 0 Å². The van der Waals surface area contributed by atoms with Crippen molar-refractivity contribution in [3.8, 4) is 0 Å². The number of hydrogen-bond acceptors (Lipinski definition) is 2. The Kier molecular flexibility index (Phi) is 2.84. The fourth-order valence-corrected chi connectivity index (χ4v) is 6.54. The molecule has 3 saturated carbocycles. The topological polar surface area (TPSA) is 46.2 Å². The third-order valence-corrected chi connectivity index (χ3v) is 7.55. The van der Waals surface area contributed by atoms with Crippen molar-refractivity contribution in [1.82, 2.24) is 5.32 Å². The number of ketones is 1. The molecule has 0 aromatic rings. The number of carbonyl (C=O) groups is 2. The first-order valence-corrected chi connectivity index (χ1v) is 8.76. The van der Waals surface area contributed by atoms with Crippen LogP contribution in [-0.2, 0) is 9.59 Å². The monoisotopic (exact) mass is 289 g/mol. The first-order valence-electron chi connectivity index (χ1n) is 8.76. The van der Waals surface area contributed by atoms with Crippen LogP contribution in [0.3, 0.4) is 0 Å². The van der Waals surface area contributed by atoms with Crippen LogP contribution in [0.15, 0.2) is 0 Å². The molecule has 0 radical (unpaired) electrons. The Morgan fingerprint density at radius 2 is 1.90 bits per heavy atom. The van der Waals surface area contributed by atoms with E-state index in [0.717, 1.165) is 31.6 Å². The number of hydrogen-bond donors (Lipinski definition) is 1. The standard InChI is InChI=1S/C18H27NO2/c1-17-8-3-4-12(17)11-5-6-14-18(2,9-7-15(21)19-14)16(11)13(20)10-17/h11-12,14,16H,3-10H2,1-2H3,(H,19,21)/t11-,12-,14+,16+,17-,18-/m0/s1. The maximum Gasteiger partial charge on any atom is 0.220 e.